The van der Waals surface area contributed by atoms with Crippen LogP contribution in [-0.2, 0) is 35.1 Å². The Kier molecular flexibility index (Phi) is 21.2. The summed E-state index contributed by atoms with van der Waals surface area (Å²) in [5.41, 5.74) is 12.9. The monoisotopic (exact) mass is 1130 g/mol. The first-order chi connectivity index (χ1) is 38.4. The standard InChI is InChI=1S/C31H40N5O2P.C19H21ClN4O.C12H20NOP/c1-4-19-39(37,20-5-2)27-15-13-25(14-16-27)33-30-28-31(35-29(34-30)24-10-6-7-11-24)36(22-32-28)18-17-23-9-8-12-26(21-23)38-3;1-25-15-8-4-5-13(11-15)9-10-24-12-21-16-17(20)22-18(23-19(16)24)14-6-2-3-7-14;1-3-9-15(14,10-4-2)12-7-5-11(13)6-8-12/h8-9,12-16,21-22,24H,4-7,10-11,17-20H2,1-3H3,(H,33,34,35);4-5,8,11-12,14H,2-3,6-7,9-10H2,1H3;5-8H,3-4,9-10,13H2,1-2H3. The second-order valence-electron chi connectivity index (χ2n) is 21.1. The summed E-state index contributed by atoms with van der Waals surface area (Å²) in [6.45, 7) is 9.94. The number of nitrogen functional groups attached to an aromatic ring is 1. The van der Waals surface area contributed by atoms with E-state index in [1.807, 2.05) is 85.5 Å². The van der Waals surface area contributed by atoms with Crippen molar-refractivity contribution in [2.75, 3.05) is 49.9 Å². The van der Waals surface area contributed by atoms with E-state index < -0.39 is 14.3 Å². The van der Waals surface area contributed by atoms with E-state index in [2.05, 4.69) is 76.4 Å². The molecule has 79 heavy (non-hydrogen) atoms. The molecule has 0 aliphatic heterocycles. The van der Waals surface area contributed by atoms with Gasteiger partial charge in [0.25, 0.3) is 0 Å². The number of nitrogens with two attached hydrogens (primary N) is 1. The molecule has 0 unspecified atom stereocenters. The zero-order chi connectivity index (χ0) is 55.8. The lowest BCUT2D eigenvalue weighted by Crippen LogP contribution is -2.11. The maximum Gasteiger partial charge on any atom is 0.165 e. The van der Waals surface area contributed by atoms with Crippen molar-refractivity contribution in [2.45, 2.75) is 143 Å². The highest BCUT2D eigenvalue weighted by Crippen LogP contribution is 2.47. The van der Waals surface area contributed by atoms with Crippen molar-refractivity contribution >= 4 is 76.0 Å². The first-order valence-corrected chi connectivity index (χ1v) is 33.2. The molecule has 2 aliphatic carbocycles. The van der Waals surface area contributed by atoms with E-state index in [1.54, 1.807) is 14.2 Å². The van der Waals surface area contributed by atoms with Crippen molar-refractivity contribution < 1.29 is 18.6 Å². The molecule has 2 aliphatic rings. The zero-order valence-corrected chi connectivity index (χ0v) is 49.8. The molecule has 0 amide bonds. The van der Waals surface area contributed by atoms with Gasteiger partial charge in [-0.2, -0.15) is 0 Å². The number of rotatable bonds is 22. The second kappa shape index (κ2) is 28.4. The van der Waals surface area contributed by atoms with Crippen LogP contribution in [0.2, 0.25) is 5.15 Å². The maximum atomic E-state index is 13.6. The van der Waals surface area contributed by atoms with Crippen LogP contribution in [0.25, 0.3) is 22.3 Å². The molecule has 0 radical (unpaired) electrons. The predicted molar refractivity (Wildman–Crippen MR) is 327 cm³/mol. The fourth-order valence-electron chi connectivity index (χ4n) is 11.1. The zero-order valence-electron chi connectivity index (χ0n) is 47.2. The molecule has 10 rings (SSSR count). The summed E-state index contributed by atoms with van der Waals surface area (Å²) in [4.78, 5) is 28.5. The predicted octanol–water partition coefficient (Wildman–Crippen LogP) is 14.8. The number of halogens is 1. The van der Waals surface area contributed by atoms with Gasteiger partial charge in [0, 0.05) is 71.6 Å². The quantitative estimate of drug-likeness (QED) is 0.0373. The Hall–Kier alpha value is -6.07. The van der Waals surface area contributed by atoms with Crippen molar-refractivity contribution in [1.29, 1.82) is 0 Å². The maximum absolute atomic E-state index is 13.6. The average molecular weight is 1130 g/mol. The molecule has 0 bridgehead atoms. The Bertz CT molecular complexity index is 3300. The minimum Gasteiger partial charge on any atom is -0.497 e. The minimum absolute atomic E-state index is 0.382. The van der Waals surface area contributed by atoms with Crippen LogP contribution in [0.15, 0.2) is 110 Å². The van der Waals surface area contributed by atoms with Gasteiger partial charge in [-0.3, -0.25) is 0 Å². The van der Waals surface area contributed by atoms with Gasteiger partial charge in [0.15, 0.2) is 27.8 Å². The highest BCUT2D eigenvalue weighted by atomic mass is 35.5. The molecular formula is C62H81ClN10O4P2. The number of imidazole rings is 2. The Morgan fingerprint density at radius 1 is 0.582 bits per heavy atom. The fraction of sp³-hybridized carbons (Fsp3) is 0.452. The molecule has 2 fully saturated rings. The third-order valence-corrected chi connectivity index (χ3v) is 22.6. The Balaban J connectivity index is 0.000000175. The van der Waals surface area contributed by atoms with E-state index in [4.69, 9.17) is 46.7 Å². The summed E-state index contributed by atoms with van der Waals surface area (Å²) in [5.74, 6) is 5.07. The second-order valence-corrected chi connectivity index (χ2v) is 27.9. The van der Waals surface area contributed by atoms with Crippen LogP contribution in [-0.4, -0.2) is 77.9 Å². The molecule has 4 heterocycles. The summed E-state index contributed by atoms with van der Waals surface area (Å²) in [6, 6.07) is 31.9. The van der Waals surface area contributed by atoms with Crippen molar-refractivity contribution in [2.24, 2.45) is 0 Å². The van der Waals surface area contributed by atoms with Gasteiger partial charge in [-0.25, -0.2) is 29.9 Å². The van der Waals surface area contributed by atoms with Crippen LogP contribution in [0.3, 0.4) is 0 Å². The molecule has 3 N–H and O–H groups in total. The summed E-state index contributed by atoms with van der Waals surface area (Å²) in [6.07, 6.45) is 21.9. The van der Waals surface area contributed by atoms with Gasteiger partial charge in [0.1, 0.15) is 42.9 Å². The van der Waals surface area contributed by atoms with Crippen molar-refractivity contribution in [3.63, 3.8) is 0 Å². The first kappa shape index (κ1) is 59.1. The van der Waals surface area contributed by atoms with Crippen molar-refractivity contribution in [3.05, 3.63) is 138 Å². The highest BCUT2D eigenvalue weighted by molar-refractivity contribution is 7.71. The van der Waals surface area contributed by atoms with Gasteiger partial charge in [-0.05, 0) is 148 Å². The molecule has 8 aromatic rings. The molecule has 2 saturated carbocycles. The largest absolute Gasteiger partial charge is 0.497 e. The molecule has 4 aromatic heterocycles. The number of hydrogen-bond acceptors (Lipinski definition) is 12. The van der Waals surface area contributed by atoms with E-state index in [1.165, 1.54) is 36.8 Å². The van der Waals surface area contributed by atoms with Crippen molar-refractivity contribution in [3.8, 4) is 11.5 Å². The first-order valence-electron chi connectivity index (χ1n) is 28.7. The summed E-state index contributed by atoms with van der Waals surface area (Å²) in [5, 5.41) is 5.94. The Labute approximate surface area is 472 Å². The summed E-state index contributed by atoms with van der Waals surface area (Å²) < 4.78 is 41.2. The van der Waals surface area contributed by atoms with Crippen LogP contribution in [0.4, 0.5) is 17.2 Å². The van der Waals surface area contributed by atoms with E-state index in [0.717, 1.165) is 170 Å². The number of hydrogen-bond donors (Lipinski definition) is 2. The normalized spacial score (nSPS) is 14.0. The Morgan fingerprint density at radius 3 is 1.47 bits per heavy atom. The molecule has 4 aromatic carbocycles. The molecule has 0 spiro atoms. The molecule has 0 atom stereocenters. The van der Waals surface area contributed by atoms with Crippen LogP contribution in [0, 0.1) is 0 Å². The van der Waals surface area contributed by atoms with E-state index in [9.17, 15) is 9.13 Å². The number of fused-ring (bicyclic) bond motifs is 2. The number of nitrogens with zero attached hydrogens (tertiary/aromatic N) is 8. The third-order valence-electron chi connectivity index (χ3n) is 15.2. The lowest BCUT2D eigenvalue weighted by molar-refractivity contribution is 0.414. The molecule has 0 saturated heterocycles. The van der Waals surface area contributed by atoms with Gasteiger partial charge >= 0.3 is 0 Å². The van der Waals surface area contributed by atoms with Crippen LogP contribution < -0.4 is 31.1 Å². The molecule has 420 valence electrons. The molecule has 17 heteroatoms. The number of nitrogens with one attached hydrogen (secondary N) is 1. The van der Waals surface area contributed by atoms with Gasteiger partial charge < -0.3 is 38.8 Å². The van der Waals surface area contributed by atoms with Gasteiger partial charge in [0.2, 0.25) is 0 Å². The number of aryl methyl sites for hydroxylation is 4. The van der Waals surface area contributed by atoms with Crippen molar-refractivity contribution in [1.82, 2.24) is 39.0 Å². The Morgan fingerprint density at radius 2 is 1.01 bits per heavy atom. The number of methoxy groups -OCH3 is 2. The van der Waals surface area contributed by atoms with Gasteiger partial charge in [-0.1, -0.05) is 89.2 Å². The highest BCUT2D eigenvalue weighted by Gasteiger charge is 2.26. The van der Waals surface area contributed by atoms with Crippen LogP contribution in [0.1, 0.15) is 139 Å². The third kappa shape index (κ3) is 15.2. The molecular weight excluding hydrogens is 1050 g/mol. The average Bonchev–Trinajstić information content (AvgIpc) is 4.40. The summed E-state index contributed by atoms with van der Waals surface area (Å²) >= 11 is 6.37. The van der Waals surface area contributed by atoms with E-state index in [0.29, 0.717) is 22.5 Å². The number of ether oxygens (including phenoxy) is 2. The smallest absolute Gasteiger partial charge is 0.165 e. The van der Waals surface area contributed by atoms with Crippen LogP contribution in [0.5, 0.6) is 11.5 Å². The van der Waals surface area contributed by atoms with E-state index >= 15 is 0 Å². The van der Waals surface area contributed by atoms with Crippen LogP contribution >= 0.6 is 25.9 Å². The van der Waals surface area contributed by atoms with Gasteiger partial charge in [0.05, 0.1) is 26.9 Å². The number of aromatic nitrogens is 8. The summed E-state index contributed by atoms with van der Waals surface area (Å²) in [7, 11) is -1.11. The fourth-order valence-corrected chi connectivity index (χ4v) is 17.0. The topological polar surface area (TPSA) is 178 Å². The number of benzene rings is 4. The minimum atomic E-state index is -2.35. The van der Waals surface area contributed by atoms with E-state index in [-0.39, 0.29) is 0 Å². The lowest BCUT2D eigenvalue weighted by atomic mass is 10.1. The molecule has 14 nitrogen and oxygen atoms in total. The number of anilines is 3. The van der Waals surface area contributed by atoms with Gasteiger partial charge in [-0.15, -0.1) is 0 Å². The lowest BCUT2D eigenvalue weighted by Gasteiger charge is -2.18. The SMILES string of the molecule is CCCP(=O)(CCC)c1ccc(N)cc1.CCCP(=O)(CCC)c1ccc(Nc2nc(C3CCCC3)nc3c2ncn3CCc2cccc(OC)c2)cc1.COc1cccc(CCn2cnc3c(Cl)nc(C4CCCC4)nc32)c1.